The topological polar surface area (TPSA) is 18.5 Å². The van der Waals surface area contributed by atoms with Gasteiger partial charge >= 0.3 is 0 Å². The molecule has 0 amide bonds. The summed E-state index contributed by atoms with van der Waals surface area (Å²) in [5, 5.41) is 0. The minimum absolute atomic E-state index is 0.345. The van der Waals surface area contributed by atoms with Crippen LogP contribution < -0.4 is 0 Å². The molecule has 0 radical (unpaired) electrons. The van der Waals surface area contributed by atoms with E-state index in [0.717, 1.165) is 32.3 Å². The van der Waals surface area contributed by atoms with Crippen molar-refractivity contribution in [2.75, 3.05) is 6.61 Å². The molecule has 0 aromatic rings. The van der Waals surface area contributed by atoms with E-state index in [1.54, 1.807) is 0 Å². The van der Waals surface area contributed by atoms with Crippen LogP contribution in [0.3, 0.4) is 0 Å². The molecule has 0 N–H and O–H groups in total. The van der Waals surface area contributed by atoms with Gasteiger partial charge in [-0.1, -0.05) is 13.0 Å². The summed E-state index contributed by atoms with van der Waals surface area (Å²) >= 11 is 0. The molecule has 1 rings (SSSR count). The molecule has 0 spiro atoms. The van der Waals surface area contributed by atoms with Gasteiger partial charge in [-0.3, -0.25) is 0 Å². The minimum Gasteiger partial charge on any atom is -0.350 e. The van der Waals surface area contributed by atoms with Gasteiger partial charge in [0, 0.05) is 0 Å². The number of hydrogen-bond donors (Lipinski definition) is 0. The van der Waals surface area contributed by atoms with Crippen molar-refractivity contribution in [1.29, 1.82) is 0 Å². The summed E-state index contributed by atoms with van der Waals surface area (Å²) in [4.78, 5) is 0. The summed E-state index contributed by atoms with van der Waals surface area (Å²) in [6.45, 7) is 10.8. The highest BCUT2D eigenvalue weighted by atomic mass is 16.7. The van der Waals surface area contributed by atoms with Crippen LogP contribution >= 0.6 is 0 Å². The highest BCUT2D eigenvalue weighted by Gasteiger charge is 2.29. The average Bonchev–Trinajstić information content (AvgIpc) is 2.26. The highest BCUT2D eigenvalue weighted by Crippen LogP contribution is 2.27. The lowest BCUT2D eigenvalue weighted by Crippen LogP contribution is -2.31. The Bertz CT molecular complexity index is 199. The van der Waals surface area contributed by atoms with E-state index < -0.39 is 5.79 Å². The van der Waals surface area contributed by atoms with Gasteiger partial charge in [-0.2, -0.15) is 0 Å². The Kier molecular flexibility index (Phi) is 4.81. The molecule has 2 atom stereocenters. The van der Waals surface area contributed by atoms with Crippen molar-refractivity contribution in [3.05, 3.63) is 12.7 Å². The third-order valence-corrected chi connectivity index (χ3v) is 2.77. The molecular formula is C13H24O2. The molecule has 2 heteroatoms. The number of allylic oxidation sites excluding steroid dienone is 1. The number of unbranched alkanes of at least 4 members (excludes halogenated alkanes) is 1. The summed E-state index contributed by atoms with van der Waals surface area (Å²) < 4.78 is 11.7. The Morgan fingerprint density at radius 1 is 1.47 bits per heavy atom. The first-order valence-electron chi connectivity index (χ1n) is 5.96. The van der Waals surface area contributed by atoms with Crippen LogP contribution in [0, 0.1) is 5.92 Å². The number of hydrogen-bond acceptors (Lipinski definition) is 2. The maximum atomic E-state index is 5.96. The molecule has 15 heavy (non-hydrogen) atoms. The zero-order valence-corrected chi connectivity index (χ0v) is 10.3. The average molecular weight is 212 g/mol. The van der Waals surface area contributed by atoms with Gasteiger partial charge in [-0.25, -0.2) is 0 Å². The van der Waals surface area contributed by atoms with Gasteiger partial charge in [0.15, 0.2) is 5.79 Å². The lowest BCUT2D eigenvalue weighted by atomic mass is 10.0. The van der Waals surface area contributed by atoms with Crippen molar-refractivity contribution in [1.82, 2.24) is 0 Å². The maximum absolute atomic E-state index is 5.96. The van der Waals surface area contributed by atoms with Crippen LogP contribution in [-0.2, 0) is 9.47 Å². The van der Waals surface area contributed by atoms with E-state index in [4.69, 9.17) is 9.47 Å². The second kappa shape index (κ2) is 5.66. The van der Waals surface area contributed by atoms with Gasteiger partial charge in [-0.15, -0.1) is 6.58 Å². The van der Waals surface area contributed by atoms with Crippen LogP contribution in [-0.4, -0.2) is 18.5 Å². The van der Waals surface area contributed by atoms with E-state index in [-0.39, 0.29) is 0 Å². The van der Waals surface area contributed by atoms with Crippen LogP contribution in [0.5, 0.6) is 0 Å². The predicted molar refractivity (Wildman–Crippen MR) is 62.7 cm³/mol. The first-order chi connectivity index (χ1) is 7.03. The largest absolute Gasteiger partial charge is 0.350 e. The first kappa shape index (κ1) is 12.7. The van der Waals surface area contributed by atoms with E-state index in [1.165, 1.54) is 0 Å². The summed E-state index contributed by atoms with van der Waals surface area (Å²) in [5.41, 5.74) is 0. The van der Waals surface area contributed by atoms with Crippen LogP contribution in [0.4, 0.5) is 0 Å². The second-order valence-corrected chi connectivity index (χ2v) is 5.01. The molecule has 1 aliphatic heterocycles. The monoisotopic (exact) mass is 212 g/mol. The number of ether oxygens (including phenoxy) is 2. The molecule has 88 valence electrons. The minimum atomic E-state index is -0.413. The summed E-state index contributed by atoms with van der Waals surface area (Å²) in [5.74, 6) is 0.185. The molecule has 1 aliphatic rings. The molecule has 0 saturated carbocycles. The fraction of sp³-hybridized carbons (Fsp3) is 0.846. The van der Waals surface area contributed by atoms with Gasteiger partial charge in [0.25, 0.3) is 0 Å². The van der Waals surface area contributed by atoms with Crippen LogP contribution in [0.15, 0.2) is 12.7 Å². The maximum Gasteiger partial charge on any atom is 0.163 e. The van der Waals surface area contributed by atoms with Crippen molar-refractivity contribution >= 4 is 0 Å². The SMILES string of the molecule is C=CCCC[C@@H]1C[C@@H](C)COC(C)(C)O1. The predicted octanol–water partition coefficient (Wildman–Crippen LogP) is 3.52. The molecule has 0 unspecified atom stereocenters. The molecular weight excluding hydrogens is 188 g/mol. The van der Waals surface area contributed by atoms with E-state index in [2.05, 4.69) is 13.5 Å². The Morgan fingerprint density at radius 3 is 2.87 bits per heavy atom. The standard InChI is InChI=1S/C13H24O2/c1-5-6-7-8-12-9-11(2)10-14-13(3,4)15-12/h5,11-12H,1,6-10H2,2-4H3/t11-,12-/m1/s1. The lowest BCUT2D eigenvalue weighted by Gasteiger charge is -2.27. The molecule has 0 aliphatic carbocycles. The summed E-state index contributed by atoms with van der Waals surface area (Å²) in [7, 11) is 0. The Labute approximate surface area is 93.7 Å². The van der Waals surface area contributed by atoms with Gasteiger partial charge in [-0.05, 0) is 45.4 Å². The Balaban J connectivity index is 2.42. The molecule has 0 aromatic heterocycles. The van der Waals surface area contributed by atoms with E-state index in [0.29, 0.717) is 12.0 Å². The van der Waals surface area contributed by atoms with E-state index >= 15 is 0 Å². The zero-order valence-electron chi connectivity index (χ0n) is 10.3. The van der Waals surface area contributed by atoms with Crippen molar-refractivity contribution < 1.29 is 9.47 Å². The highest BCUT2D eigenvalue weighted by molar-refractivity contribution is 4.73. The van der Waals surface area contributed by atoms with E-state index in [9.17, 15) is 0 Å². The Hall–Kier alpha value is -0.340. The molecule has 1 heterocycles. The van der Waals surface area contributed by atoms with Crippen LogP contribution in [0.2, 0.25) is 0 Å². The van der Waals surface area contributed by atoms with Crippen molar-refractivity contribution in [3.63, 3.8) is 0 Å². The molecule has 0 bridgehead atoms. The third-order valence-electron chi connectivity index (χ3n) is 2.77. The molecule has 1 fully saturated rings. The lowest BCUT2D eigenvalue weighted by molar-refractivity contribution is -0.224. The normalized spacial score (nSPS) is 30.9. The van der Waals surface area contributed by atoms with Crippen LogP contribution in [0.1, 0.15) is 46.5 Å². The van der Waals surface area contributed by atoms with Gasteiger partial charge in [0.1, 0.15) is 0 Å². The van der Waals surface area contributed by atoms with Crippen molar-refractivity contribution in [2.45, 2.75) is 58.3 Å². The van der Waals surface area contributed by atoms with Gasteiger partial charge in [0.05, 0.1) is 12.7 Å². The van der Waals surface area contributed by atoms with Gasteiger partial charge < -0.3 is 9.47 Å². The third kappa shape index (κ3) is 4.80. The van der Waals surface area contributed by atoms with Crippen molar-refractivity contribution in [3.8, 4) is 0 Å². The molecule has 0 aromatic carbocycles. The molecule has 1 saturated heterocycles. The fourth-order valence-corrected chi connectivity index (χ4v) is 2.01. The van der Waals surface area contributed by atoms with E-state index in [1.807, 2.05) is 19.9 Å². The Morgan fingerprint density at radius 2 is 2.20 bits per heavy atom. The van der Waals surface area contributed by atoms with Crippen LogP contribution in [0.25, 0.3) is 0 Å². The fourth-order valence-electron chi connectivity index (χ4n) is 2.01. The summed E-state index contributed by atoms with van der Waals surface area (Å²) in [6, 6.07) is 0. The summed E-state index contributed by atoms with van der Waals surface area (Å²) in [6.07, 6.45) is 6.79. The van der Waals surface area contributed by atoms with Gasteiger partial charge in [0.2, 0.25) is 0 Å². The smallest absolute Gasteiger partial charge is 0.163 e. The quantitative estimate of drug-likeness (QED) is 0.524. The van der Waals surface area contributed by atoms with Crippen molar-refractivity contribution in [2.24, 2.45) is 5.92 Å². The molecule has 2 nitrogen and oxygen atoms in total. The second-order valence-electron chi connectivity index (χ2n) is 5.01. The first-order valence-corrected chi connectivity index (χ1v) is 5.96. The number of rotatable bonds is 4. The zero-order chi connectivity index (χ0) is 11.3.